The van der Waals surface area contributed by atoms with Crippen molar-refractivity contribution >= 4 is 6.09 Å². The fourth-order valence-corrected chi connectivity index (χ4v) is 1.56. The van der Waals surface area contributed by atoms with Crippen molar-refractivity contribution < 1.29 is 42.8 Å². The Morgan fingerprint density at radius 1 is 1.50 bits per heavy atom. The summed E-state index contributed by atoms with van der Waals surface area (Å²) in [6, 6.07) is 0. The second-order valence-corrected chi connectivity index (χ2v) is 3.68. The highest BCUT2D eigenvalue weighted by atomic mass is 127. The first kappa shape index (κ1) is 13.4. The van der Waals surface area contributed by atoms with Crippen molar-refractivity contribution in [2.75, 3.05) is 13.2 Å². The van der Waals surface area contributed by atoms with E-state index >= 15 is 0 Å². The van der Waals surface area contributed by atoms with Gasteiger partial charge in [0.25, 0.3) is 6.33 Å². The average molecular weight is 338 g/mol. The van der Waals surface area contributed by atoms with E-state index in [1.165, 1.54) is 4.57 Å². The van der Waals surface area contributed by atoms with Gasteiger partial charge in [-0.15, -0.1) is 4.57 Å². The molecule has 0 atom stereocenters. The van der Waals surface area contributed by atoms with Gasteiger partial charge >= 0.3 is 6.09 Å². The van der Waals surface area contributed by atoms with Crippen LogP contribution in [0.15, 0.2) is 18.7 Å². The first-order chi connectivity index (χ1) is 7.25. The van der Waals surface area contributed by atoms with E-state index in [9.17, 15) is 4.79 Å². The van der Waals surface area contributed by atoms with Crippen molar-refractivity contribution in [3.63, 3.8) is 0 Å². The molecular formula is C10H15IN2O3. The summed E-state index contributed by atoms with van der Waals surface area (Å²) >= 11 is 0. The number of hydrogen-bond donors (Lipinski definition) is 0. The number of aromatic nitrogens is 2. The smallest absolute Gasteiger partial charge is 0.511 e. The summed E-state index contributed by atoms with van der Waals surface area (Å²) in [6.45, 7) is 1.36. The summed E-state index contributed by atoms with van der Waals surface area (Å²) in [6.07, 6.45) is 6.42. The van der Waals surface area contributed by atoms with Crippen LogP contribution in [0.3, 0.4) is 0 Å². The van der Waals surface area contributed by atoms with Gasteiger partial charge in [-0.1, -0.05) is 0 Å². The molecule has 1 aromatic heterocycles. The van der Waals surface area contributed by atoms with Crippen LogP contribution in [-0.2, 0) is 16.5 Å². The highest BCUT2D eigenvalue weighted by Crippen LogP contribution is 2.11. The molecule has 0 bridgehead atoms. The predicted octanol–water partition coefficient (Wildman–Crippen LogP) is -2.52. The molecule has 1 aliphatic rings. The van der Waals surface area contributed by atoms with Gasteiger partial charge in [-0.25, -0.2) is 4.57 Å². The van der Waals surface area contributed by atoms with Crippen LogP contribution in [0.2, 0.25) is 0 Å². The third-order valence-corrected chi connectivity index (χ3v) is 2.42. The van der Waals surface area contributed by atoms with Crippen LogP contribution in [-0.4, -0.2) is 30.0 Å². The van der Waals surface area contributed by atoms with Crippen molar-refractivity contribution in [2.24, 2.45) is 7.05 Å². The third-order valence-electron chi connectivity index (χ3n) is 2.42. The van der Waals surface area contributed by atoms with Gasteiger partial charge in [-0.05, 0) is 0 Å². The van der Waals surface area contributed by atoms with Gasteiger partial charge in [0.05, 0.1) is 20.3 Å². The predicted molar refractivity (Wildman–Crippen MR) is 51.3 cm³/mol. The molecule has 0 aromatic carbocycles. The molecule has 0 aliphatic carbocycles. The Morgan fingerprint density at radius 2 is 2.19 bits per heavy atom. The van der Waals surface area contributed by atoms with Crippen LogP contribution in [0.5, 0.6) is 0 Å². The lowest BCUT2D eigenvalue weighted by atomic mass is 10.2. The minimum atomic E-state index is -0.317. The summed E-state index contributed by atoms with van der Waals surface area (Å²) in [7, 11) is 1.86. The van der Waals surface area contributed by atoms with Crippen molar-refractivity contribution in [1.82, 2.24) is 4.57 Å². The Balaban J connectivity index is 0.00000128. The zero-order chi connectivity index (χ0) is 10.7. The van der Waals surface area contributed by atoms with Crippen LogP contribution in [0, 0.1) is 0 Å². The van der Waals surface area contributed by atoms with Crippen molar-refractivity contribution in [3.05, 3.63) is 18.7 Å². The molecule has 0 amide bonds. The number of carbonyl (C=O) groups is 1. The van der Waals surface area contributed by atoms with Crippen LogP contribution in [0.1, 0.15) is 12.8 Å². The third kappa shape index (κ3) is 3.44. The summed E-state index contributed by atoms with van der Waals surface area (Å²) in [4.78, 5) is 11.6. The Labute approximate surface area is 111 Å². The zero-order valence-electron chi connectivity index (χ0n) is 9.13. The van der Waals surface area contributed by atoms with E-state index in [0.717, 1.165) is 12.8 Å². The summed E-state index contributed by atoms with van der Waals surface area (Å²) in [5.41, 5.74) is 0. The Morgan fingerprint density at radius 3 is 2.75 bits per heavy atom. The minimum Gasteiger partial charge on any atom is -1.00 e. The quantitative estimate of drug-likeness (QED) is 0.420. The van der Waals surface area contributed by atoms with Crippen molar-refractivity contribution in [2.45, 2.75) is 18.9 Å². The highest BCUT2D eigenvalue weighted by Gasteiger charge is 2.21. The lowest BCUT2D eigenvalue weighted by Crippen LogP contribution is -3.00. The largest absolute Gasteiger partial charge is 1.00 e. The van der Waals surface area contributed by atoms with E-state index in [4.69, 9.17) is 9.47 Å². The van der Waals surface area contributed by atoms with Gasteiger partial charge in [0.2, 0.25) is 0 Å². The first-order valence-electron chi connectivity index (χ1n) is 5.07. The molecule has 5 nitrogen and oxygen atoms in total. The Kier molecular flexibility index (Phi) is 5.20. The lowest BCUT2D eigenvalue weighted by Gasteiger charge is -2.20. The van der Waals surface area contributed by atoms with Gasteiger partial charge in [-0.3, -0.25) is 0 Å². The molecule has 2 rings (SSSR count). The maximum absolute atomic E-state index is 11.6. The summed E-state index contributed by atoms with van der Waals surface area (Å²) in [5.74, 6) is 0. The lowest BCUT2D eigenvalue weighted by molar-refractivity contribution is -0.670. The molecule has 0 spiro atoms. The number of ether oxygens (including phenoxy) is 2. The van der Waals surface area contributed by atoms with Crippen LogP contribution in [0.25, 0.3) is 0 Å². The summed E-state index contributed by atoms with van der Waals surface area (Å²) in [5, 5.41) is 0. The topological polar surface area (TPSA) is 44.3 Å². The second-order valence-electron chi connectivity index (χ2n) is 3.68. The van der Waals surface area contributed by atoms with Crippen molar-refractivity contribution in [3.8, 4) is 0 Å². The van der Waals surface area contributed by atoms with E-state index in [1.807, 2.05) is 7.05 Å². The molecule has 16 heavy (non-hydrogen) atoms. The molecule has 1 aromatic rings. The molecule has 2 heterocycles. The fourth-order valence-electron chi connectivity index (χ4n) is 1.56. The first-order valence-corrected chi connectivity index (χ1v) is 5.07. The highest BCUT2D eigenvalue weighted by molar-refractivity contribution is 5.69. The molecule has 1 saturated heterocycles. The number of imidazole rings is 1. The number of carbonyl (C=O) groups excluding carboxylic acids is 1. The monoisotopic (exact) mass is 338 g/mol. The fraction of sp³-hybridized carbons (Fsp3) is 0.600. The average Bonchev–Trinajstić information content (AvgIpc) is 2.66. The van der Waals surface area contributed by atoms with E-state index in [-0.39, 0.29) is 36.2 Å². The maximum atomic E-state index is 11.6. The summed E-state index contributed by atoms with van der Waals surface area (Å²) < 4.78 is 13.7. The Bertz CT molecular complexity index is 348. The molecule has 0 saturated carbocycles. The van der Waals surface area contributed by atoms with E-state index in [2.05, 4.69) is 0 Å². The number of aryl methyl sites for hydroxylation is 1. The SMILES string of the molecule is C[n+]1ccn(C(=O)OC2CCOCC2)c1.[I-]. The second kappa shape index (κ2) is 6.19. The molecule has 0 N–H and O–H groups in total. The van der Waals surface area contributed by atoms with E-state index in [0.29, 0.717) is 13.2 Å². The molecule has 90 valence electrons. The van der Waals surface area contributed by atoms with Crippen LogP contribution >= 0.6 is 0 Å². The molecule has 1 fully saturated rings. The molecule has 0 unspecified atom stereocenters. The van der Waals surface area contributed by atoms with Gasteiger partial charge in [0.15, 0.2) is 0 Å². The van der Waals surface area contributed by atoms with Gasteiger partial charge in [0.1, 0.15) is 18.5 Å². The number of rotatable bonds is 1. The normalized spacial score (nSPS) is 16.6. The van der Waals surface area contributed by atoms with E-state index < -0.39 is 0 Å². The number of nitrogens with zero attached hydrogens (tertiary/aromatic N) is 2. The molecular weight excluding hydrogens is 323 g/mol. The van der Waals surface area contributed by atoms with Crippen LogP contribution in [0.4, 0.5) is 4.79 Å². The maximum Gasteiger partial charge on any atom is 0.511 e. The molecule has 6 heteroatoms. The van der Waals surface area contributed by atoms with Crippen molar-refractivity contribution in [1.29, 1.82) is 0 Å². The van der Waals surface area contributed by atoms with Gasteiger partial charge < -0.3 is 33.5 Å². The Hall–Kier alpha value is -0.630. The van der Waals surface area contributed by atoms with Gasteiger partial charge in [0, 0.05) is 12.8 Å². The van der Waals surface area contributed by atoms with Gasteiger partial charge in [-0.2, -0.15) is 4.79 Å². The molecule has 0 radical (unpaired) electrons. The van der Waals surface area contributed by atoms with Crippen LogP contribution < -0.4 is 28.5 Å². The molecule has 1 aliphatic heterocycles. The minimum absolute atomic E-state index is 0. The number of hydrogen-bond acceptors (Lipinski definition) is 3. The number of halogens is 1. The zero-order valence-corrected chi connectivity index (χ0v) is 11.3. The standard InChI is InChI=1S/C10H15N2O3.HI/c1-11-4-5-12(8-11)10(13)15-9-2-6-14-7-3-9;/h4-5,8-9H,2-3,6-7H2,1H3;1H/q+1;/p-1. The van der Waals surface area contributed by atoms with E-state index in [1.54, 1.807) is 23.3 Å².